The van der Waals surface area contributed by atoms with Crippen LogP contribution in [0.3, 0.4) is 0 Å². The van der Waals surface area contributed by atoms with Gasteiger partial charge in [0, 0.05) is 23.6 Å². The minimum atomic E-state index is -0.629. The van der Waals surface area contributed by atoms with E-state index in [2.05, 4.69) is 25.5 Å². The number of imidazole rings is 1. The van der Waals surface area contributed by atoms with Gasteiger partial charge in [0.05, 0.1) is 4.92 Å². The fourth-order valence-electron chi connectivity index (χ4n) is 2.48. The number of rotatable bonds is 6. The molecule has 1 aromatic carbocycles. The van der Waals surface area contributed by atoms with Crippen LogP contribution in [0, 0.1) is 10.1 Å². The molecule has 25 heavy (non-hydrogen) atoms. The summed E-state index contributed by atoms with van der Waals surface area (Å²) in [6.45, 7) is 1.89. The number of H-pyrrole nitrogens is 2. The van der Waals surface area contributed by atoms with E-state index >= 15 is 0 Å². The Balaban J connectivity index is 1.79. The second-order valence-electron chi connectivity index (χ2n) is 5.38. The van der Waals surface area contributed by atoms with Crippen molar-refractivity contribution in [3.8, 4) is 11.4 Å². The zero-order chi connectivity index (χ0) is 17.8. The van der Waals surface area contributed by atoms with Gasteiger partial charge in [-0.2, -0.15) is 5.10 Å². The Morgan fingerprint density at radius 3 is 2.68 bits per heavy atom. The van der Waals surface area contributed by atoms with Crippen molar-refractivity contribution in [3.63, 3.8) is 0 Å². The quantitative estimate of drug-likeness (QED) is 0.469. The zero-order valence-electron chi connectivity index (χ0n) is 13.4. The molecule has 0 aliphatic carbocycles. The number of nitrogens with one attached hydrogen (secondary N) is 3. The minimum Gasteiger partial charge on any atom is -0.345 e. The molecule has 0 saturated heterocycles. The Kier molecular flexibility index (Phi) is 4.55. The number of hydrogen-bond acceptors (Lipinski definition) is 5. The van der Waals surface area contributed by atoms with Gasteiger partial charge in [0.25, 0.3) is 5.91 Å². The molecule has 2 heterocycles. The maximum absolute atomic E-state index is 12.4. The molecule has 3 N–H and O–H groups in total. The topological polar surface area (TPSA) is 130 Å². The van der Waals surface area contributed by atoms with E-state index in [1.807, 2.05) is 6.92 Å². The first-order valence-electron chi connectivity index (χ1n) is 7.73. The molecule has 128 valence electrons. The zero-order valence-corrected chi connectivity index (χ0v) is 13.4. The highest BCUT2D eigenvalue weighted by Gasteiger charge is 2.28. The third-order valence-corrected chi connectivity index (χ3v) is 3.62. The van der Waals surface area contributed by atoms with Gasteiger partial charge in [-0.25, -0.2) is 4.98 Å². The van der Waals surface area contributed by atoms with Crippen LogP contribution >= 0.6 is 0 Å². The molecule has 0 spiro atoms. The van der Waals surface area contributed by atoms with Crippen molar-refractivity contribution in [1.29, 1.82) is 0 Å². The normalized spacial score (nSPS) is 10.6. The summed E-state index contributed by atoms with van der Waals surface area (Å²) >= 11 is 0. The molecule has 0 aliphatic heterocycles. The van der Waals surface area contributed by atoms with Crippen molar-refractivity contribution in [1.82, 2.24) is 20.2 Å². The van der Waals surface area contributed by atoms with Crippen LogP contribution in [0.2, 0.25) is 0 Å². The Bertz CT molecular complexity index is 883. The molecule has 3 aromatic rings. The minimum absolute atomic E-state index is 0.219. The molecule has 0 bridgehead atoms. The van der Waals surface area contributed by atoms with Gasteiger partial charge in [0.1, 0.15) is 11.5 Å². The number of aromatic nitrogens is 4. The van der Waals surface area contributed by atoms with Crippen LogP contribution in [0.5, 0.6) is 0 Å². The molecule has 9 nitrogen and oxygen atoms in total. The fourth-order valence-corrected chi connectivity index (χ4v) is 2.48. The largest absolute Gasteiger partial charge is 0.345 e. The molecule has 0 saturated carbocycles. The average molecular weight is 340 g/mol. The molecule has 0 aliphatic rings. The number of carbonyl (C=O) groups is 1. The Labute approximate surface area is 142 Å². The summed E-state index contributed by atoms with van der Waals surface area (Å²) in [5, 5.41) is 20.3. The molecule has 3 rings (SSSR count). The van der Waals surface area contributed by atoms with E-state index < -0.39 is 10.8 Å². The van der Waals surface area contributed by atoms with Crippen LogP contribution in [-0.2, 0) is 6.42 Å². The van der Waals surface area contributed by atoms with Gasteiger partial charge in [-0.1, -0.05) is 13.3 Å². The average Bonchev–Trinajstić information content (AvgIpc) is 3.25. The van der Waals surface area contributed by atoms with Gasteiger partial charge in [-0.05, 0) is 30.7 Å². The smallest absolute Gasteiger partial charge is 0.322 e. The molecule has 0 fully saturated rings. The lowest BCUT2D eigenvalue weighted by Crippen LogP contribution is -2.14. The van der Waals surface area contributed by atoms with Crippen molar-refractivity contribution >= 4 is 17.3 Å². The monoisotopic (exact) mass is 340 g/mol. The number of aryl methyl sites for hydroxylation is 1. The highest BCUT2D eigenvalue weighted by atomic mass is 16.6. The first kappa shape index (κ1) is 16.4. The number of nitro groups is 1. The second-order valence-corrected chi connectivity index (χ2v) is 5.38. The number of benzene rings is 1. The Morgan fingerprint density at radius 1 is 1.32 bits per heavy atom. The maximum Gasteiger partial charge on any atom is 0.322 e. The fraction of sp³-hybridized carbons (Fsp3) is 0.188. The lowest BCUT2D eigenvalue weighted by Gasteiger charge is -2.04. The van der Waals surface area contributed by atoms with Crippen molar-refractivity contribution in [3.05, 3.63) is 58.2 Å². The standard InChI is InChI=1S/C16H16N6O3/c1-2-3-12-14(22(24)25)13(21-20-12)16(23)19-11-6-4-10(5-7-11)15-17-8-9-18-15/h4-9H,2-3H2,1H3,(H,17,18)(H,19,23)(H,20,21). The van der Waals surface area contributed by atoms with Crippen LogP contribution in [0.25, 0.3) is 11.4 Å². The second kappa shape index (κ2) is 6.95. The lowest BCUT2D eigenvalue weighted by molar-refractivity contribution is -0.385. The van der Waals surface area contributed by atoms with Crippen molar-refractivity contribution < 1.29 is 9.72 Å². The van der Waals surface area contributed by atoms with Gasteiger partial charge in [0.15, 0.2) is 0 Å². The summed E-state index contributed by atoms with van der Waals surface area (Å²) in [6, 6.07) is 6.97. The number of amides is 1. The molecular formula is C16H16N6O3. The van der Waals surface area contributed by atoms with Gasteiger partial charge >= 0.3 is 5.69 Å². The van der Waals surface area contributed by atoms with E-state index in [0.29, 0.717) is 30.0 Å². The molecule has 2 aromatic heterocycles. The highest BCUT2D eigenvalue weighted by molar-refractivity contribution is 6.05. The summed E-state index contributed by atoms with van der Waals surface area (Å²) in [6.07, 6.45) is 4.53. The van der Waals surface area contributed by atoms with Crippen molar-refractivity contribution in [2.45, 2.75) is 19.8 Å². The maximum atomic E-state index is 12.4. The Morgan fingerprint density at radius 2 is 2.08 bits per heavy atom. The third-order valence-electron chi connectivity index (χ3n) is 3.62. The summed E-state index contributed by atoms with van der Waals surface area (Å²) in [7, 11) is 0. The molecule has 9 heteroatoms. The van der Waals surface area contributed by atoms with E-state index in [1.165, 1.54) is 0 Å². The molecule has 0 radical (unpaired) electrons. The summed E-state index contributed by atoms with van der Waals surface area (Å²) in [4.78, 5) is 30.2. The van der Waals surface area contributed by atoms with E-state index in [-0.39, 0.29) is 11.4 Å². The number of carbonyl (C=O) groups excluding carboxylic acids is 1. The van der Waals surface area contributed by atoms with E-state index in [4.69, 9.17) is 0 Å². The van der Waals surface area contributed by atoms with E-state index in [9.17, 15) is 14.9 Å². The third kappa shape index (κ3) is 3.39. The van der Waals surface area contributed by atoms with Crippen LogP contribution in [0.1, 0.15) is 29.5 Å². The summed E-state index contributed by atoms with van der Waals surface area (Å²) < 4.78 is 0. The first-order valence-corrected chi connectivity index (χ1v) is 7.73. The highest BCUT2D eigenvalue weighted by Crippen LogP contribution is 2.24. The van der Waals surface area contributed by atoms with Crippen molar-refractivity contribution in [2.75, 3.05) is 5.32 Å². The van der Waals surface area contributed by atoms with Crippen molar-refractivity contribution in [2.24, 2.45) is 0 Å². The first-order chi connectivity index (χ1) is 12.1. The molecule has 0 unspecified atom stereocenters. The van der Waals surface area contributed by atoms with Gasteiger partial charge in [-0.15, -0.1) is 0 Å². The summed E-state index contributed by atoms with van der Waals surface area (Å²) in [5.41, 5.74) is 1.23. The number of anilines is 1. The van der Waals surface area contributed by atoms with Crippen LogP contribution in [0.15, 0.2) is 36.7 Å². The number of aromatic amines is 2. The van der Waals surface area contributed by atoms with Gasteiger partial charge in [-0.3, -0.25) is 20.0 Å². The SMILES string of the molecule is CCCc1[nH]nc(C(=O)Nc2ccc(-c3ncc[nH]3)cc2)c1[N+](=O)[O-]. The molecule has 1 amide bonds. The molecule has 0 atom stereocenters. The Hall–Kier alpha value is -3.49. The van der Waals surface area contributed by atoms with E-state index in [0.717, 1.165) is 5.56 Å². The summed E-state index contributed by atoms with van der Waals surface area (Å²) in [5.74, 6) is 0.0843. The molecular weight excluding hydrogens is 324 g/mol. The van der Waals surface area contributed by atoms with Gasteiger partial charge < -0.3 is 10.3 Å². The van der Waals surface area contributed by atoms with Gasteiger partial charge in [0.2, 0.25) is 5.69 Å². The van der Waals surface area contributed by atoms with Crippen LogP contribution in [0.4, 0.5) is 11.4 Å². The number of nitrogens with zero attached hydrogens (tertiary/aromatic N) is 3. The number of hydrogen-bond donors (Lipinski definition) is 3. The van der Waals surface area contributed by atoms with E-state index in [1.54, 1.807) is 36.7 Å². The lowest BCUT2D eigenvalue weighted by atomic mass is 10.2. The predicted molar refractivity (Wildman–Crippen MR) is 91.2 cm³/mol. The van der Waals surface area contributed by atoms with Crippen LogP contribution < -0.4 is 5.32 Å². The van der Waals surface area contributed by atoms with Crippen LogP contribution in [-0.4, -0.2) is 31.0 Å². The predicted octanol–water partition coefficient (Wildman–Crippen LogP) is 2.91.